The number of para-hydroxylation sites is 1. The summed E-state index contributed by atoms with van der Waals surface area (Å²) in [5.74, 6) is 0. The lowest BCUT2D eigenvalue weighted by atomic mass is 9.67. The third kappa shape index (κ3) is 6.14. The van der Waals surface area contributed by atoms with E-state index in [2.05, 4.69) is 249 Å². The highest BCUT2D eigenvalue weighted by atomic mass is 16.4. The van der Waals surface area contributed by atoms with Gasteiger partial charge in [0.15, 0.2) is 11.2 Å². The first-order valence-electron chi connectivity index (χ1n) is 25.9. The van der Waals surface area contributed by atoms with Gasteiger partial charge in [0.2, 0.25) is 0 Å². The van der Waals surface area contributed by atoms with Crippen LogP contribution in [0, 0.1) is 0 Å². The number of fused-ring (bicyclic) bond motifs is 16. The van der Waals surface area contributed by atoms with Gasteiger partial charge in [-0.25, -0.2) is 0 Å². The molecule has 1 aliphatic rings. The molecular formula is C73H44O2. The Morgan fingerprint density at radius 2 is 0.640 bits per heavy atom. The molecule has 1 aliphatic carbocycles. The van der Waals surface area contributed by atoms with Crippen LogP contribution in [0.15, 0.2) is 276 Å². The smallest absolute Gasteiger partial charge is 0.178 e. The van der Waals surface area contributed by atoms with E-state index in [1.165, 1.54) is 99.1 Å². The van der Waals surface area contributed by atoms with E-state index < -0.39 is 5.41 Å². The van der Waals surface area contributed by atoms with Crippen LogP contribution in [0.25, 0.3) is 132 Å². The Bertz CT molecular complexity index is 4760. The van der Waals surface area contributed by atoms with Crippen molar-refractivity contribution in [3.05, 3.63) is 289 Å². The van der Waals surface area contributed by atoms with Gasteiger partial charge in [-0.05, 0) is 165 Å². The lowest BCUT2D eigenvalue weighted by Gasteiger charge is -2.34. The summed E-state index contributed by atoms with van der Waals surface area (Å²) in [5.41, 5.74) is 20.1. The molecular weight excluding hydrogens is 909 g/mol. The Morgan fingerprint density at radius 3 is 1.28 bits per heavy atom. The zero-order chi connectivity index (χ0) is 49.2. The maximum atomic E-state index is 6.49. The fourth-order valence-electron chi connectivity index (χ4n) is 13.0. The van der Waals surface area contributed by atoms with E-state index in [-0.39, 0.29) is 0 Å². The van der Waals surface area contributed by atoms with E-state index in [1.807, 2.05) is 18.2 Å². The van der Waals surface area contributed by atoms with Crippen molar-refractivity contribution in [2.75, 3.05) is 0 Å². The number of rotatable bonds is 6. The van der Waals surface area contributed by atoms with Gasteiger partial charge in [-0.2, -0.15) is 0 Å². The van der Waals surface area contributed by atoms with E-state index in [4.69, 9.17) is 8.83 Å². The van der Waals surface area contributed by atoms with Gasteiger partial charge in [0.05, 0.1) is 5.41 Å². The normalized spacial score (nSPS) is 12.9. The quantitative estimate of drug-likeness (QED) is 0.155. The summed E-state index contributed by atoms with van der Waals surface area (Å²) in [7, 11) is 0. The highest BCUT2D eigenvalue weighted by Gasteiger charge is 2.46. The topological polar surface area (TPSA) is 26.3 Å². The van der Waals surface area contributed by atoms with Crippen molar-refractivity contribution in [1.29, 1.82) is 0 Å². The second-order valence-corrected chi connectivity index (χ2v) is 20.2. The number of benzene rings is 13. The van der Waals surface area contributed by atoms with Gasteiger partial charge in [0.1, 0.15) is 11.2 Å². The Morgan fingerprint density at radius 1 is 0.227 bits per heavy atom. The van der Waals surface area contributed by atoms with Crippen LogP contribution in [-0.2, 0) is 5.41 Å². The largest absolute Gasteiger partial charge is 0.452 e. The van der Waals surface area contributed by atoms with Crippen LogP contribution in [0.4, 0.5) is 0 Å². The summed E-state index contributed by atoms with van der Waals surface area (Å²) >= 11 is 0. The number of hydrogen-bond donors (Lipinski definition) is 0. The predicted molar refractivity (Wildman–Crippen MR) is 313 cm³/mol. The first-order valence-corrected chi connectivity index (χ1v) is 25.9. The molecule has 2 heteroatoms. The van der Waals surface area contributed by atoms with Crippen molar-refractivity contribution in [2.24, 2.45) is 0 Å². The Balaban J connectivity index is 0.779. The number of hydrogen-bond acceptors (Lipinski definition) is 2. The summed E-state index contributed by atoms with van der Waals surface area (Å²) in [5, 5.41) is 11.8. The standard InChI is InChI=1S/C73H44O2/c1-3-20-52(21-4-1)73(53-22-5-2-6-23-53)66-29-11-9-27-62(66)70-54(28-15-30-67(70)73)51-33-36-58-57-35-32-49(42-63(57)55-24-7-8-25-56(55)64(58)44-51)47-18-13-16-45(40-47)46-17-14-19-48(41-46)50-34-39-69-65(43-50)61-38-37-60-59-26-10-12-31-68(59)74-71(60)72(61)75-69/h1-44H. The predicted octanol–water partition coefficient (Wildman–Crippen LogP) is 20.0. The van der Waals surface area contributed by atoms with E-state index in [0.717, 1.165) is 55.0 Å². The van der Waals surface area contributed by atoms with Crippen LogP contribution in [0.1, 0.15) is 22.3 Å². The van der Waals surface area contributed by atoms with Crippen molar-refractivity contribution in [2.45, 2.75) is 5.41 Å². The SMILES string of the molecule is c1ccc(C2(c3ccccc3)c3ccccc3-c3c(-c4ccc5c6ccc(-c7cccc(-c8cccc(-c9ccc%10oc%11c(ccc%12c%13ccccc%13oc%12%11)c%10c9)c8)c7)cc6c6ccccc6c5c4)cccc32)cc1. The minimum Gasteiger partial charge on any atom is -0.452 e. The average molecular weight is 953 g/mol. The first kappa shape index (κ1) is 41.8. The van der Waals surface area contributed by atoms with Gasteiger partial charge in [-0.1, -0.05) is 212 Å². The van der Waals surface area contributed by atoms with Crippen molar-refractivity contribution in [1.82, 2.24) is 0 Å². The molecule has 0 bridgehead atoms. The zero-order valence-electron chi connectivity index (χ0n) is 40.7. The molecule has 13 aromatic carbocycles. The lowest BCUT2D eigenvalue weighted by Crippen LogP contribution is -2.28. The average Bonchev–Trinajstić information content (AvgIpc) is 4.17. The van der Waals surface area contributed by atoms with Gasteiger partial charge in [0, 0.05) is 21.5 Å². The van der Waals surface area contributed by atoms with Gasteiger partial charge in [-0.15, -0.1) is 0 Å². The molecule has 2 heterocycles. The third-order valence-corrected chi connectivity index (χ3v) is 16.3. The molecule has 0 saturated carbocycles. The van der Waals surface area contributed by atoms with E-state index in [0.29, 0.717) is 0 Å². The fraction of sp³-hybridized carbons (Fsp3) is 0.0137. The highest BCUT2D eigenvalue weighted by Crippen LogP contribution is 2.58. The maximum Gasteiger partial charge on any atom is 0.178 e. The van der Waals surface area contributed by atoms with Crippen molar-refractivity contribution in [3.63, 3.8) is 0 Å². The Hall–Kier alpha value is -9.76. The summed E-state index contributed by atoms with van der Waals surface area (Å²) in [6.45, 7) is 0. The monoisotopic (exact) mass is 952 g/mol. The summed E-state index contributed by atoms with van der Waals surface area (Å²) in [4.78, 5) is 0. The summed E-state index contributed by atoms with van der Waals surface area (Å²) in [6, 6.07) is 98.2. The molecule has 15 aromatic rings. The summed E-state index contributed by atoms with van der Waals surface area (Å²) < 4.78 is 12.8. The second kappa shape index (κ2) is 16.1. The van der Waals surface area contributed by atoms with E-state index in [1.54, 1.807) is 0 Å². The molecule has 16 rings (SSSR count). The minimum atomic E-state index is -0.454. The molecule has 348 valence electrons. The third-order valence-electron chi connectivity index (χ3n) is 16.3. The molecule has 0 fully saturated rings. The molecule has 0 aliphatic heterocycles. The van der Waals surface area contributed by atoms with Gasteiger partial charge in [0.25, 0.3) is 0 Å². The molecule has 2 nitrogen and oxygen atoms in total. The second-order valence-electron chi connectivity index (χ2n) is 20.2. The minimum absolute atomic E-state index is 0.454. The zero-order valence-corrected chi connectivity index (χ0v) is 40.7. The molecule has 0 spiro atoms. The number of furan rings is 2. The van der Waals surface area contributed by atoms with Gasteiger partial charge < -0.3 is 8.83 Å². The van der Waals surface area contributed by atoms with Gasteiger partial charge >= 0.3 is 0 Å². The van der Waals surface area contributed by atoms with Gasteiger partial charge in [-0.3, -0.25) is 0 Å². The molecule has 2 aromatic heterocycles. The molecule has 75 heavy (non-hydrogen) atoms. The lowest BCUT2D eigenvalue weighted by molar-refractivity contribution is 0.633. The van der Waals surface area contributed by atoms with Crippen LogP contribution < -0.4 is 0 Å². The van der Waals surface area contributed by atoms with Crippen molar-refractivity contribution in [3.8, 4) is 55.6 Å². The fourth-order valence-corrected chi connectivity index (χ4v) is 13.0. The van der Waals surface area contributed by atoms with Crippen molar-refractivity contribution < 1.29 is 8.83 Å². The van der Waals surface area contributed by atoms with Crippen LogP contribution in [0.3, 0.4) is 0 Å². The van der Waals surface area contributed by atoms with Crippen LogP contribution >= 0.6 is 0 Å². The molecule has 0 saturated heterocycles. The van der Waals surface area contributed by atoms with Crippen LogP contribution in [0.2, 0.25) is 0 Å². The molecule has 0 amide bonds. The highest BCUT2D eigenvalue weighted by molar-refractivity contribution is 6.26. The molecule has 0 N–H and O–H groups in total. The van der Waals surface area contributed by atoms with E-state index >= 15 is 0 Å². The first-order chi connectivity index (χ1) is 37.2. The maximum absolute atomic E-state index is 6.49. The van der Waals surface area contributed by atoms with E-state index in [9.17, 15) is 0 Å². The van der Waals surface area contributed by atoms with Crippen LogP contribution in [-0.4, -0.2) is 0 Å². The summed E-state index contributed by atoms with van der Waals surface area (Å²) in [6.07, 6.45) is 0. The molecule has 0 radical (unpaired) electrons. The van der Waals surface area contributed by atoms with Crippen molar-refractivity contribution >= 4 is 76.2 Å². The molecule has 0 atom stereocenters. The van der Waals surface area contributed by atoms with Crippen LogP contribution in [0.5, 0.6) is 0 Å². The molecule has 0 unspecified atom stereocenters. The Labute approximate surface area is 433 Å². The Kier molecular flexibility index (Phi) is 8.99.